The van der Waals surface area contributed by atoms with Crippen LogP contribution in [0.5, 0.6) is 5.75 Å². The first-order valence-electron chi connectivity index (χ1n) is 5.30. The van der Waals surface area contributed by atoms with Gasteiger partial charge in [0.25, 0.3) is 0 Å². The summed E-state index contributed by atoms with van der Waals surface area (Å²) in [6.07, 6.45) is 1.30. The van der Waals surface area contributed by atoms with Crippen molar-refractivity contribution < 1.29 is 13.2 Å². The lowest BCUT2D eigenvalue weighted by Gasteiger charge is -2.08. The monoisotopic (exact) mass is 283 g/mol. The summed E-state index contributed by atoms with van der Waals surface area (Å²) in [7, 11) is -2.20. The molecular formula is C10H13N5O3S. The first-order chi connectivity index (χ1) is 9.03. The normalized spacial score (nSPS) is 11.4. The number of hydrogen-bond acceptors (Lipinski definition) is 6. The van der Waals surface area contributed by atoms with Gasteiger partial charge in [0, 0.05) is 0 Å². The van der Waals surface area contributed by atoms with Crippen LogP contribution in [-0.2, 0) is 16.6 Å². The van der Waals surface area contributed by atoms with Crippen molar-refractivity contribution in [3.8, 4) is 5.75 Å². The molecule has 2 aromatic rings. The molecule has 0 amide bonds. The van der Waals surface area contributed by atoms with Crippen molar-refractivity contribution in [3.05, 3.63) is 30.4 Å². The standard InChI is InChI=1S/C10H13N5O3S/c1-18-9-3-2-7(4-8(9)11)19(16,17)14-5-10-12-6-13-15-10/h2-4,6,14H,5,11H2,1H3,(H,12,13,15). The maximum Gasteiger partial charge on any atom is 0.241 e. The first kappa shape index (κ1) is 13.3. The van der Waals surface area contributed by atoms with E-state index in [0.717, 1.165) is 0 Å². The largest absolute Gasteiger partial charge is 0.495 e. The highest BCUT2D eigenvalue weighted by Gasteiger charge is 2.15. The Bertz CT molecular complexity index is 654. The fraction of sp³-hybridized carbons (Fsp3) is 0.200. The van der Waals surface area contributed by atoms with Gasteiger partial charge in [0.1, 0.15) is 17.9 Å². The number of anilines is 1. The number of nitrogens with two attached hydrogens (primary N) is 1. The predicted molar refractivity (Wildman–Crippen MR) is 67.8 cm³/mol. The number of benzene rings is 1. The molecule has 0 aliphatic carbocycles. The number of nitrogen functional groups attached to an aromatic ring is 1. The van der Waals surface area contributed by atoms with E-state index in [-0.39, 0.29) is 17.1 Å². The molecule has 0 fully saturated rings. The van der Waals surface area contributed by atoms with E-state index < -0.39 is 10.0 Å². The Kier molecular flexibility index (Phi) is 3.67. The third-order valence-corrected chi connectivity index (χ3v) is 3.80. The van der Waals surface area contributed by atoms with E-state index in [4.69, 9.17) is 10.5 Å². The minimum absolute atomic E-state index is 0.0221. The number of hydrogen-bond donors (Lipinski definition) is 3. The number of nitrogens with one attached hydrogen (secondary N) is 2. The van der Waals surface area contributed by atoms with Gasteiger partial charge in [-0.1, -0.05) is 0 Å². The Hall–Kier alpha value is -2.13. The van der Waals surface area contributed by atoms with Gasteiger partial charge in [0.2, 0.25) is 10.0 Å². The SMILES string of the molecule is COc1ccc(S(=O)(=O)NCc2ncn[nH]2)cc1N. The molecule has 0 aliphatic heterocycles. The third-order valence-electron chi connectivity index (χ3n) is 2.41. The number of aromatic nitrogens is 3. The summed E-state index contributed by atoms with van der Waals surface area (Å²) < 4.78 is 31.4. The van der Waals surface area contributed by atoms with Crippen LogP contribution in [-0.4, -0.2) is 30.7 Å². The summed E-state index contributed by atoms with van der Waals surface area (Å²) in [5.41, 5.74) is 5.93. The summed E-state index contributed by atoms with van der Waals surface area (Å²) in [6.45, 7) is 0.0221. The summed E-state index contributed by atoms with van der Waals surface area (Å²) >= 11 is 0. The second-order valence-corrected chi connectivity index (χ2v) is 5.43. The van der Waals surface area contributed by atoms with Gasteiger partial charge in [-0.2, -0.15) is 5.10 Å². The fourth-order valence-electron chi connectivity index (χ4n) is 1.44. The molecule has 4 N–H and O–H groups in total. The predicted octanol–water partition coefficient (Wildman–Crippen LogP) is -0.126. The van der Waals surface area contributed by atoms with E-state index in [2.05, 4.69) is 19.9 Å². The molecule has 0 aliphatic rings. The molecule has 1 heterocycles. The Morgan fingerprint density at radius 3 is 2.84 bits per heavy atom. The fourth-order valence-corrected chi connectivity index (χ4v) is 2.46. The van der Waals surface area contributed by atoms with Crippen molar-refractivity contribution in [2.24, 2.45) is 0 Å². The molecule has 1 aromatic carbocycles. The van der Waals surface area contributed by atoms with Crippen molar-refractivity contribution >= 4 is 15.7 Å². The Morgan fingerprint density at radius 1 is 1.47 bits per heavy atom. The average molecular weight is 283 g/mol. The smallest absolute Gasteiger partial charge is 0.241 e. The summed E-state index contributed by atoms with van der Waals surface area (Å²) in [6, 6.07) is 4.25. The molecule has 0 radical (unpaired) electrons. The molecule has 0 atom stereocenters. The average Bonchev–Trinajstić information content (AvgIpc) is 2.89. The molecule has 0 saturated carbocycles. The van der Waals surface area contributed by atoms with Crippen molar-refractivity contribution in [1.29, 1.82) is 0 Å². The van der Waals surface area contributed by atoms with Gasteiger partial charge in [-0.15, -0.1) is 0 Å². The summed E-state index contributed by atoms with van der Waals surface area (Å²) in [5.74, 6) is 0.847. The van der Waals surface area contributed by atoms with Gasteiger partial charge in [-0.25, -0.2) is 18.1 Å². The van der Waals surface area contributed by atoms with Crippen LogP contribution in [0.3, 0.4) is 0 Å². The van der Waals surface area contributed by atoms with Crippen molar-refractivity contribution in [2.45, 2.75) is 11.4 Å². The summed E-state index contributed by atoms with van der Waals surface area (Å²) in [4.78, 5) is 3.88. The second-order valence-electron chi connectivity index (χ2n) is 3.66. The Balaban J connectivity index is 2.17. The Labute approximate surface area is 110 Å². The van der Waals surface area contributed by atoms with Crippen LogP contribution in [0.4, 0.5) is 5.69 Å². The Morgan fingerprint density at radius 2 is 2.26 bits per heavy atom. The molecular weight excluding hydrogens is 270 g/mol. The highest BCUT2D eigenvalue weighted by molar-refractivity contribution is 7.89. The van der Waals surface area contributed by atoms with Crippen LogP contribution in [0.2, 0.25) is 0 Å². The number of H-pyrrole nitrogens is 1. The van der Waals surface area contributed by atoms with Gasteiger partial charge in [0.15, 0.2) is 0 Å². The van der Waals surface area contributed by atoms with Crippen LogP contribution in [0.1, 0.15) is 5.82 Å². The number of rotatable bonds is 5. The molecule has 0 bridgehead atoms. The molecule has 8 nitrogen and oxygen atoms in total. The zero-order valence-electron chi connectivity index (χ0n) is 10.1. The molecule has 1 aromatic heterocycles. The maximum atomic E-state index is 12.0. The van der Waals surface area contributed by atoms with Gasteiger partial charge < -0.3 is 10.5 Å². The number of nitrogens with zero attached hydrogens (tertiary/aromatic N) is 2. The zero-order chi connectivity index (χ0) is 13.9. The maximum absolute atomic E-state index is 12.0. The lowest BCUT2D eigenvalue weighted by atomic mass is 10.3. The number of methoxy groups -OCH3 is 1. The highest BCUT2D eigenvalue weighted by Crippen LogP contribution is 2.24. The van der Waals surface area contributed by atoms with Crippen LogP contribution >= 0.6 is 0 Å². The van der Waals surface area contributed by atoms with Gasteiger partial charge in [-0.3, -0.25) is 5.10 Å². The van der Waals surface area contributed by atoms with Crippen LogP contribution in [0.25, 0.3) is 0 Å². The minimum atomic E-state index is -3.66. The molecule has 19 heavy (non-hydrogen) atoms. The van der Waals surface area contributed by atoms with Crippen LogP contribution < -0.4 is 15.2 Å². The molecule has 102 valence electrons. The van der Waals surface area contributed by atoms with Gasteiger partial charge in [-0.05, 0) is 18.2 Å². The van der Waals surface area contributed by atoms with Gasteiger partial charge in [0.05, 0.1) is 24.2 Å². The topological polar surface area (TPSA) is 123 Å². The molecule has 9 heteroatoms. The first-order valence-corrected chi connectivity index (χ1v) is 6.78. The van der Waals surface area contributed by atoms with E-state index in [9.17, 15) is 8.42 Å². The van der Waals surface area contributed by atoms with Crippen LogP contribution in [0.15, 0.2) is 29.4 Å². The number of sulfonamides is 1. The highest BCUT2D eigenvalue weighted by atomic mass is 32.2. The third kappa shape index (κ3) is 3.01. The van der Waals surface area contributed by atoms with Crippen molar-refractivity contribution in [2.75, 3.05) is 12.8 Å². The molecule has 0 unspecified atom stereocenters. The van der Waals surface area contributed by atoms with Crippen LogP contribution in [0, 0.1) is 0 Å². The van der Waals surface area contributed by atoms with E-state index in [1.165, 1.54) is 31.6 Å². The molecule has 2 rings (SSSR count). The van der Waals surface area contributed by atoms with E-state index in [1.54, 1.807) is 0 Å². The quantitative estimate of drug-likeness (QED) is 0.657. The molecule has 0 spiro atoms. The summed E-state index contributed by atoms with van der Waals surface area (Å²) in [5, 5.41) is 6.18. The lowest BCUT2D eigenvalue weighted by molar-refractivity contribution is 0.416. The van der Waals surface area contributed by atoms with E-state index >= 15 is 0 Å². The number of aromatic amines is 1. The minimum Gasteiger partial charge on any atom is -0.495 e. The van der Waals surface area contributed by atoms with E-state index in [0.29, 0.717) is 11.6 Å². The zero-order valence-corrected chi connectivity index (χ0v) is 10.9. The molecule has 0 saturated heterocycles. The van der Waals surface area contributed by atoms with Crippen molar-refractivity contribution in [3.63, 3.8) is 0 Å². The second kappa shape index (κ2) is 5.24. The van der Waals surface area contributed by atoms with Crippen molar-refractivity contribution in [1.82, 2.24) is 19.9 Å². The van der Waals surface area contributed by atoms with Gasteiger partial charge >= 0.3 is 0 Å². The lowest BCUT2D eigenvalue weighted by Crippen LogP contribution is -2.24. The number of ether oxygens (including phenoxy) is 1. The van der Waals surface area contributed by atoms with E-state index in [1.807, 2.05) is 0 Å².